The van der Waals surface area contributed by atoms with Crippen molar-refractivity contribution in [2.24, 2.45) is 0 Å². The molecule has 2 aromatic rings. The van der Waals surface area contributed by atoms with Crippen LogP contribution in [0.2, 0.25) is 0 Å². The minimum Gasteiger partial charge on any atom is -0.489 e. The molecule has 0 radical (unpaired) electrons. The van der Waals surface area contributed by atoms with Crippen LogP contribution in [0.3, 0.4) is 0 Å². The number of hydrogen-bond acceptors (Lipinski definition) is 3. The second kappa shape index (κ2) is 8.14. The predicted octanol–water partition coefficient (Wildman–Crippen LogP) is 2.78. The summed E-state index contributed by atoms with van der Waals surface area (Å²) in [6, 6.07) is 13.3. The molecule has 0 heterocycles. The number of carbonyl (C=O) groups excluding carboxylic acids is 1. The number of methoxy groups -OCH3 is 1. The molecule has 2 aromatic carbocycles. The third kappa shape index (κ3) is 4.56. The maximum atomic E-state index is 13.3. The molecule has 1 N–H and O–H groups in total. The van der Waals surface area contributed by atoms with Gasteiger partial charge >= 0.3 is 0 Å². The van der Waals surface area contributed by atoms with Gasteiger partial charge in [0.05, 0.1) is 13.2 Å². The average Bonchev–Trinajstić information content (AvgIpc) is 2.54. The Hall–Kier alpha value is -2.40. The van der Waals surface area contributed by atoms with Crippen molar-refractivity contribution in [2.45, 2.75) is 6.61 Å². The van der Waals surface area contributed by atoms with Crippen LogP contribution in [0.5, 0.6) is 5.75 Å². The van der Waals surface area contributed by atoms with E-state index in [1.807, 2.05) is 12.1 Å². The van der Waals surface area contributed by atoms with Gasteiger partial charge in [-0.15, -0.1) is 0 Å². The van der Waals surface area contributed by atoms with Gasteiger partial charge in [-0.05, 0) is 29.8 Å². The molecule has 0 atom stereocenters. The third-order valence-corrected chi connectivity index (χ3v) is 3.01. The highest BCUT2D eigenvalue weighted by atomic mass is 19.1. The molecule has 0 aliphatic carbocycles. The van der Waals surface area contributed by atoms with E-state index in [0.29, 0.717) is 18.7 Å². The van der Waals surface area contributed by atoms with Gasteiger partial charge in [0.25, 0.3) is 5.91 Å². The number of halogens is 1. The fourth-order valence-electron chi connectivity index (χ4n) is 1.91. The van der Waals surface area contributed by atoms with Crippen molar-refractivity contribution in [3.05, 3.63) is 65.5 Å². The second-order valence-electron chi connectivity index (χ2n) is 4.66. The van der Waals surface area contributed by atoms with Gasteiger partial charge in [0.1, 0.15) is 6.61 Å². The Morgan fingerprint density at radius 2 is 1.86 bits per heavy atom. The lowest BCUT2D eigenvalue weighted by Gasteiger charge is -2.08. The Morgan fingerprint density at radius 1 is 1.14 bits per heavy atom. The van der Waals surface area contributed by atoms with Gasteiger partial charge in [0.2, 0.25) is 0 Å². The molecule has 0 saturated heterocycles. The largest absolute Gasteiger partial charge is 0.489 e. The first-order valence-corrected chi connectivity index (χ1v) is 6.94. The van der Waals surface area contributed by atoms with Gasteiger partial charge in [0, 0.05) is 12.7 Å². The van der Waals surface area contributed by atoms with Gasteiger partial charge in [-0.2, -0.15) is 0 Å². The topological polar surface area (TPSA) is 47.6 Å². The predicted molar refractivity (Wildman–Crippen MR) is 81.4 cm³/mol. The van der Waals surface area contributed by atoms with E-state index in [1.54, 1.807) is 37.4 Å². The number of hydrogen-bond donors (Lipinski definition) is 1. The molecule has 0 aromatic heterocycles. The van der Waals surface area contributed by atoms with E-state index in [-0.39, 0.29) is 18.3 Å². The van der Waals surface area contributed by atoms with Crippen molar-refractivity contribution in [1.29, 1.82) is 0 Å². The fraction of sp³-hybridized carbons (Fsp3) is 0.235. The summed E-state index contributed by atoms with van der Waals surface area (Å²) in [5.74, 6) is -0.427. The number of nitrogens with one attached hydrogen (secondary N) is 1. The maximum Gasteiger partial charge on any atom is 0.251 e. The summed E-state index contributed by atoms with van der Waals surface area (Å²) in [5, 5.41) is 2.72. The van der Waals surface area contributed by atoms with Crippen molar-refractivity contribution >= 4 is 5.91 Å². The lowest BCUT2D eigenvalue weighted by Crippen LogP contribution is -2.28. The number of ether oxygens (including phenoxy) is 2. The molecule has 116 valence electrons. The number of benzene rings is 2. The van der Waals surface area contributed by atoms with Gasteiger partial charge in [-0.25, -0.2) is 4.39 Å². The van der Waals surface area contributed by atoms with Crippen molar-refractivity contribution in [3.63, 3.8) is 0 Å². The molecular formula is C17H18FNO3. The average molecular weight is 303 g/mol. The van der Waals surface area contributed by atoms with Crippen LogP contribution in [-0.4, -0.2) is 26.2 Å². The van der Waals surface area contributed by atoms with Crippen LogP contribution in [0.15, 0.2) is 48.5 Å². The zero-order chi connectivity index (χ0) is 15.8. The van der Waals surface area contributed by atoms with E-state index in [1.165, 1.54) is 6.07 Å². The van der Waals surface area contributed by atoms with Crippen LogP contribution >= 0.6 is 0 Å². The van der Waals surface area contributed by atoms with E-state index in [9.17, 15) is 9.18 Å². The molecule has 5 heteroatoms. The minimum atomic E-state index is -0.414. The zero-order valence-corrected chi connectivity index (χ0v) is 12.3. The molecule has 0 bridgehead atoms. The molecule has 0 aliphatic heterocycles. The Morgan fingerprint density at radius 3 is 2.55 bits per heavy atom. The monoisotopic (exact) mass is 303 g/mol. The van der Waals surface area contributed by atoms with Crippen LogP contribution in [0, 0.1) is 5.82 Å². The summed E-state index contributed by atoms with van der Waals surface area (Å²) >= 11 is 0. The normalized spacial score (nSPS) is 10.3. The molecule has 0 unspecified atom stereocenters. The first kappa shape index (κ1) is 16.0. The van der Waals surface area contributed by atoms with Gasteiger partial charge < -0.3 is 14.8 Å². The number of amides is 1. The highest BCUT2D eigenvalue weighted by molar-refractivity contribution is 5.94. The highest BCUT2D eigenvalue weighted by Gasteiger charge is 2.05. The van der Waals surface area contributed by atoms with E-state index in [0.717, 1.165) is 5.56 Å². The summed E-state index contributed by atoms with van der Waals surface area (Å²) in [7, 11) is 1.62. The fourth-order valence-corrected chi connectivity index (χ4v) is 1.91. The molecule has 0 saturated carbocycles. The first-order valence-electron chi connectivity index (χ1n) is 6.94. The van der Waals surface area contributed by atoms with Crippen molar-refractivity contribution in [1.82, 2.24) is 5.32 Å². The van der Waals surface area contributed by atoms with Gasteiger partial charge in [0.15, 0.2) is 11.6 Å². The van der Waals surface area contributed by atoms with Crippen LogP contribution < -0.4 is 10.1 Å². The highest BCUT2D eigenvalue weighted by Crippen LogP contribution is 2.14. The van der Waals surface area contributed by atoms with Crippen LogP contribution in [-0.2, 0) is 11.3 Å². The summed E-state index contributed by atoms with van der Waals surface area (Å²) in [4.78, 5) is 11.9. The molecule has 0 fully saturated rings. The Labute approximate surface area is 128 Å². The van der Waals surface area contributed by atoms with Gasteiger partial charge in [-0.3, -0.25) is 4.79 Å². The molecule has 2 rings (SSSR count). The summed E-state index contributed by atoms with van der Waals surface area (Å²) in [6.45, 7) is 1.01. The lowest BCUT2D eigenvalue weighted by atomic mass is 10.1. The first-order chi connectivity index (χ1) is 10.7. The minimum absolute atomic E-state index is 0.181. The number of rotatable bonds is 7. The maximum absolute atomic E-state index is 13.3. The summed E-state index contributed by atoms with van der Waals surface area (Å²) < 4.78 is 23.6. The zero-order valence-electron chi connectivity index (χ0n) is 12.3. The van der Waals surface area contributed by atoms with E-state index < -0.39 is 5.82 Å². The summed E-state index contributed by atoms with van der Waals surface area (Å²) in [6.07, 6.45) is 0. The standard InChI is InChI=1S/C17H18FNO3/c1-21-12-13-6-8-14(9-7-13)17(20)19-10-11-22-16-5-3-2-4-15(16)18/h2-9H,10-12H2,1H3,(H,19,20). The molecule has 22 heavy (non-hydrogen) atoms. The second-order valence-corrected chi connectivity index (χ2v) is 4.66. The molecular weight excluding hydrogens is 285 g/mol. The van der Waals surface area contributed by atoms with E-state index in [4.69, 9.17) is 9.47 Å². The van der Waals surface area contributed by atoms with Crippen molar-refractivity contribution in [2.75, 3.05) is 20.3 Å². The SMILES string of the molecule is COCc1ccc(C(=O)NCCOc2ccccc2F)cc1. The Balaban J connectivity index is 1.77. The summed E-state index contributed by atoms with van der Waals surface area (Å²) in [5.41, 5.74) is 1.56. The van der Waals surface area contributed by atoms with Crippen LogP contribution in [0.25, 0.3) is 0 Å². The smallest absolute Gasteiger partial charge is 0.251 e. The van der Waals surface area contributed by atoms with Gasteiger partial charge in [-0.1, -0.05) is 24.3 Å². The Kier molecular flexibility index (Phi) is 5.91. The van der Waals surface area contributed by atoms with E-state index in [2.05, 4.69) is 5.32 Å². The van der Waals surface area contributed by atoms with E-state index >= 15 is 0 Å². The van der Waals surface area contributed by atoms with Crippen molar-refractivity contribution in [3.8, 4) is 5.75 Å². The lowest BCUT2D eigenvalue weighted by molar-refractivity contribution is 0.0946. The molecule has 4 nitrogen and oxygen atoms in total. The van der Waals surface area contributed by atoms with Crippen molar-refractivity contribution < 1.29 is 18.7 Å². The molecule has 0 aliphatic rings. The molecule has 1 amide bonds. The van der Waals surface area contributed by atoms with Crippen LogP contribution in [0.4, 0.5) is 4.39 Å². The third-order valence-electron chi connectivity index (χ3n) is 3.01. The van der Waals surface area contributed by atoms with Crippen LogP contribution in [0.1, 0.15) is 15.9 Å². The molecule has 0 spiro atoms. The quantitative estimate of drug-likeness (QED) is 0.800. The Bertz CT molecular complexity index is 614. The number of para-hydroxylation sites is 1. The number of carbonyl (C=O) groups is 1.